The fraction of sp³-hybridized carbons (Fsp3) is 0.500. The number of nitrogens with zero attached hydrogens (tertiary/aromatic N) is 5. The van der Waals surface area contributed by atoms with Crippen LogP contribution in [0.25, 0.3) is 0 Å². The van der Waals surface area contributed by atoms with E-state index in [0.717, 1.165) is 5.56 Å². The molecule has 1 aliphatic heterocycles. The Morgan fingerprint density at radius 2 is 1.90 bits per heavy atom. The first-order valence-corrected chi connectivity index (χ1v) is 10.1. The van der Waals surface area contributed by atoms with E-state index in [-0.39, 0.29) is 18.1 Å². The van der Waals surface area contributed by atoms with Gasteiger partial charge in [0.1, 0.15) is 6.33 Å². The Labute approximate surface area is 180 Å². The molecule has 0 saturated carbocycles. The van der Waals surface area contributed by atoms with E-state index in [1.807, 2.05) is 23.1 Å². The van der Waals surface area contributed by atoms with Gasteiger partial charge in [-0.3, -0.25) is 15.0 Å². The Balaban J connectivity index is 1.69. The third kappa shape index (κ3) is 5.50. The maximum absolute atomic E-state index is 11.8. The number of β-amino-alcohol motifs (C(OH)–C–C–N with tert-alkyl or cyclic N) is 1. The molecule has 1 fully saturated rings. The summed E-state index contributed by atoms with van der Waals surface area (Å²) in [7, 11) is 3.16. The minimum absolute atomic E-state index is 0.0990. The van der Waals surface area contributed by atoms with Crippen molar-refractivity contribution in [2.45, 2.75) is 6.42 Å². The van der Waals surface area contributed by atoms with E-state index in [1.165, 1.54) is 6.33 Å². The first-order valence-electron chi connectivity index (χ1n) is 10.1. The van der Waals surface area contributed by atoms with Crippen molar-refractivity contribution >= 4 is 17.3 Å². The Hall–Kier alpha value is -3.18. The van der Waals surface area contributed by atoms with Crippen LogP contribution in [0, 0.1) is 10.1 Å². The zero-order valence-electron chi connectivity index (χ0n) is 17.8. The molecule has 2 aromatic rings. The summed E-state index contributed by atoms with van der Waals surface area (Å²) in [6.45, 7) is 3.78. The van der Waals surface area contributed by atoms with Crippen LogP contribution in [0.15, 0.2) is 24.5 Å². The second kappa shape index (κ2) is 10.7. The SMILES string of the molecule is COc1ccc(CCNc2ncnc(N3CCN(CCO)CC3)c2[N+](=O)[O-])cc1OC. The van der Waals surface area contributed by atoms with E-state index in [2.05, 4.69) is 20.2 Å². The smallest absolute Gasteiger partial charge is 0.353 e. The summed E-state index contributed by atoms with van der Waals surface area (Å²) in [5.74, 6) is 1.80. The minimum atomic E-state index is -0.436. The van der Waals surface area contributed by atoms with Gasteiger partial charge in [0.2, 0.25) is 11.6 Å². The summed E-state index contributed by atoms with van der Waals surface area (Å²) >= 11 is 0. The van der Waals surface area contributed by atoms with E-state index >= 15 is 0 Å². The lowest BCUT2D eigenvalue weighted by Crippen LogP contribution is -2.47. The van der Waals surface area contributed by atoms with Gasteiger partial charge in [0, 0.05) is 39.3 Å². The van der Waals surface area contributed by atoms with Crippen LogP contribution in [0.1, 0.15) is 5.56 Å². The van der Waals surface area contributed by atoms with Crippen LogP contribution in [0.2, 0.25) is 0 Å². The van der Waals surface area contributed by atoms with Crippen LogP contribution in [0.4, 0.5) is 17.3 Å². The highest BCUT2D eigenvalue weighted by Gasteiger charge is 2.29. The highest BCUT2D eigenvalue weighted by Crippen LogP contribution is 2.32. The number of piperazine rings is 1. The molecule has 168 valence electrons. The molecule has 0 atom stereocenters. The van der Waals surface area contributed by atoms with Gasteiger partial charge in [-0.2, -0.15) is 0 Å². The van der Waals surface area contributed by atoms with Crippen LogP contribution in [0.5, 0.6) is 11.5 Å². The first-order chi connectivity index (χ1) is 15.1. The number of nitrogens with one attached hydrogen (secondary N) is 1. The van der Waals surface area contributed by atoms with E-state index in [1.54, 1.807) is 14.2 Å². The standard InChI is InChI=1S/C20H28N6O5/c1-30-16-4-3-15(13-17(16)31-2)5-6-21-19-18(26(28)29)20(23-14-22-19)25-9-7-24(8-10-25)11-12-27/h3-4,13-14,27H,5-12H2,1-2H3,(H,21,22,23). The van der Waals surface area contributed by atoms with E-state index in [9.17, 15) is 10.1 Å². The van der Waals surface area contributed by atoms with Gasteiger partial charge in [-0.05, 0) is 24.1 Å². The summed E-state index contributed by atoms with van der Waals surface area (Å²) < 4.78 is 10.6. The zero-order chi connectivity index (χ0) is 22.2. The van der Waals surface area contributed by atoms with E-state index < -0.39 is 4.92 Å². The molecule has 11 heteroatoms. The highest BCUT2D eigenvalue weighted by molar-refractivity contribution is 5.70. The molecule has 2 heterocycles. The first kappa shape index (κ1) is 22.5. The van der Waals surface area contributed by atoms with Crippen LogP contribution >= 0.6 is 0 Å². The number of hydrogen-bond acceptors (Lipinski definition) is 10. The number of anilines is 2. The molecule has 2 N–H and O–H groups in total. The van der Waals surface area contributed by atoms with Gasteiger partial charge in [-0.15, -0.1) is 0 Å². The molecule has 1 aliphatic rings. The number of rotatable bonds is 10. The van der Waals surface area contributed by atoms with Crippen molar-refractivity contribution in [2.24, 2.45) is 0 Å². The maximum Gasteiger partial charge on any atom is 0.353 e. The number of ether oxygens (including phenoxy) is 2. The lowest BCUT2D eigenvalue weighted by molar-refractivity contribution is -0.383. The van der Waals surface area contributed by atoms with Crippen molar-refractivity contribution < 1.29 is 19.5 Å². The predicted molar refractivity (Wildman–Crippen MR) is 116 cm³/mol. The number of aliphatic hydroxyl groups is 1. The summed E-state index contributed by atoms with van der Waals surface area (Å²) in [6.07, 6.45) is 1.97. The lowest BCUT2D eigenvalue weighted by Gasteiger charge is -2.34. The molecule has 31 heavy (non-hydrogen) atoms. The van der Waals surface area contributed by atoms with E-state index in [0.29, 0.717) is 63.0 Å². The molecule has 0 aliphatic carbocycles. The summed E-state index contributed by atoms with van der Waals surface area (Å²) in [6, 6.07) is 5.64. The monoisotopic (exact) mass is 432 g/mol. The number of aliphatic hydroxyl groups excluding tert-OH is 1. The Kier molecular flexibility index (Phi) is 7.79. The molecule has 3 rings (SSSR count). The molecule has 1 aromatic carbocycles. The number of hydrogen-bond donors (Lipinski definition) is 2. The Morgan fingerprint density at radius 3 is 2.55 bits per heavy atom. The van der Waals surface area contributed by atoms with Crippen LogP contribution in [0.3, 0.4) is 0 Å². The molecule has 0 amide bonds. The van der Waals surface area contributed by atoms with Gasteiger partial charge >= 0.3 is 5.69 Å². The highest BCUT2D eigenvalue weighted by atomic mass is 16.6. The van der Waals surface area contributed by atoms with Gasteiger partial charge < -0.3 is 24.8 Å². The van der Waals surface area contributed by atoms with E-state index in [4.69, 9.17) is 14.6 Å². The zero-order valence-corrected chi connectivity index (χ0v) is 17.8. The molecule has 11 nitrogen and oxygen atoms in total. The summed E-state index contributed by atoms with van der Waals surface area (Å²) in [4.78, 5) is 23.7. The van der Waals surface area contributed by atoms with Gasteiger partial charge in [0.15, 0.2) is 11.5 Å². The fourth-order valence-corrected chi connectivity index (χ4v) is 3.58. The molecule has 0 bridgehead atoms. The summed E-state index contributed by atoms with van der Waals surface area (Å²) in [5, 5.41) is 24.0. The molecule has 1 saturated heterocycles. The predicted octanol–water partition coefficient (Wildman–Crippen LogP) is 1.17. The molecule has 0 unspecified atom stereocenters. The van der Waals surface area contributed by atoms with Crippen molar-refractivity contribution in [3.05, 3.63) is 40.2 Å². The van der Waals surface area contributed by atoms with Crippen LogP contribution in [-0.2, 0) is 6.42 Å². The Morgan fingerprint density at radius 1 is 1.16 bits per heavy atom. The average Bonchev–Trinajstić information content (AvgIpc) is 2.79. The normalized spacial score (nSPS) is 14.4. The summed E-state index contributed by atoms with van der Waals surface area (Å²) in [5.41, 5.74) is 0.882. The second-order valence-corrected chi connectivity index (χ2v) is 7.07. The number of benzene rings is 1. The number of methoxy groups -OCH3 is 2. The van der Waals surface area contributed by atoms with Crippen LogP contribution in [-0.4, -0.2) is 85.0 Å². The third-order valence-electron chi connectivity index (χ3n) is 5.23. The van der Waals surface area contributed by atoms with Gasteiger partial charge in [-0.25, -0.2) is 9.97 Å². The molecule has 0 radical (unpaired) electrons. The third-order valence-corrected chi connectivity index (χ3v) is 5.23. The average molecular weight is 432 g/mol. The molecular formula is C20H28N6O5. The van der Waals surface area contributed by atoms with Crippen molar-refractivity contribution in [1.82, 2.24) is 14.9 Å². The fourth-order valence-electron chi connectivity index (χ4n) is 3.58. The number of aromatic nitrogens is 2. The molecular weight excluding hydrogens is 404 g/mol. The van der Waals surface area contributed by atoms with Gasteiger partial charge in [0.25, 0.3) is 0 Å². The molecule has 1 aromatic heterocycles. The van der Waals surface area contributed by atoms with Crippen molar-refractivity contribution in [1.29, 1.82) is 0 Å². The number of nitro groups is 1. The minimum Gasteiger partial charge on any atom is -0.493 e. The lowest BCUT2D eigenvalue weighted by atomic mass is 10.1. The van der Waals surface area contributed by atoms with Gasteiger partial charge in [0.05, 0.1) is 25.7 Å². The second-order valence-electron chi connectivity index (χ2n) is 7.07. The van der Waals surface area contributed by atoms with Crippen molar-refractivity contribution in [3.8, 4) is 11.5 Å². The maximum atomic E-state index is 11.8. The quantitative estimate of drug-likeness (QED) is 0.417. The van der Waals surface area contributed by atoms with Crippen molar-refractivity contribution in [3.63, 3.8) is 0 Å². The topological polar surface area (TPSA) is 126 Å². The Bertz CT molecular complexity index is 888. The van der Waals surface area contributed by atoms with Crippen molar-refractivity contribution in [2.75, 3.05) is 70.3 Å². The van der Waals surface area contributed by atoms with Gasteiger partial charge in [-0.1, -0.05) is 6.07 Å². The van der Waals surface area contributed by atoms with Crippen LogP contribution < -0.4 is 19.7 Å². The largest absolute Gasteiger partial charge is 0.493 e. The molecule has 0 spiro atoms.